The van der Waals surface area contributed by atoms with E-state index >= 15 is 0 Å². The quantitative estimate of drug-likeness (QED) is 0.526. The van der Waals surface area contributed by atoms with Crippen molar-refractivity contribution in [3.8, 4) is 16.9 Å². The number of halogens is 2. The van der Waals surface area contributed by atoms with Crippen LogP contribution in [0.15, 0.2) is 42.7 Å². The van der Waals surface area contributed by atoms with Crippen molar-refractivity contribution >= 4 is 22.8 Å². The normalized spacial score (nSPS) is 16.4. The molecule has 3 aromatic rings. The van der Waals surface area contributed by atoms with Crippen LogP contribution in [0.25, 0.3) is 16.6 Å². The van der Waals surface area contributed by atoms with Gasteiger partial charge in [-0.05, 0) is 37.1 Å². The highest BCUT2D eigenvalue weighted by atomic mass is 19.3. The highest BCUT2D eigenvalue weighted by Crippen LogP contribution is 2.37. The molecule has 3 heterocycles. The third-order valence-electron chi connectivity index (χ3n) is 6.33. The predicted molar refractivity (Wildman–Crippen MR) is 126 cm³/mol. The zero-order valence-corrected chi connectivity index (χ0v) is 18.8. The maximum Gasteiger partial charge on any atom is 0.387 e. The number of piperazine rings is 1. The van der Waals surface area contributed by atoms with Crippen LogP contribution in [0.1, 0.15) is 12.8 Å². The van der Waals surface area contributed by atoms with E-state index in [0.717, 1.165) is 42.7 Å². The van der Waals surface area contributed by atoms with E-state index in [1.807, 2.05) is 29.3 Å². The number of ether oxygens (including phenoxy) is 1. The second-order valence-electron chi connectivity index (χ2n) is 8.67. The minimum atomic E-state index is -2.94. The topological polar surface area (TPSA) is 88.1 Å². The van der Waals surface area contributed by atoms with Crippen LogP contribution in [0.4, 0.5) is 20.2 Å². The van der Waals surface area contributed by atoms with Crippen molar-refractivity contribution in [2.75, 3.05) is 49.5 Å². The fourth-order valence-electron chi connectivity index (χ4n) is 4.45. The Balaban J connectivity index is 1.42. The van der Waals surface area contributed by atoms with E-state index in [1.165, 1.54) is 0 Å². The molecule has 34 heavy (non-hydrogen) atoms. The van der Waals surface area contributed by atoms with Gasteiger partial charge in [0.15, 0.2) is 0 Å². The number of hydrogen-bond donors (Lipinski definition) is 2. The molecule has 1 saturated heterocycles. The van der Waals surface area contributed by atoms with E-state index in [2.05, 4.69) is 15.3 Å². The molecule has 1 aromatic carbocycles. The number of aromatic nitrogens is 2. The fraction of sp³-hybridized carbons (Fsp3) is 0.417. The largest absolute Gasteiger partial charge is 0.434 e. The van der Waals surface area contributed by atoms with Gasteiger partial charge < -0.3 is 25.6 Å². The van der Waals surface area contributed by atoms with E-state index in [-0.39, 0.29) is 17.6 Å². The Morgan fingerprint density at radius 3 is 2.68 bits per heavy atom. The molecule has 180 valence electrons. The third-order valence-corrected chi connectivity index (χ3v) is 6.33. The molecule has 1 saturated carbocycles. The first-order valence-electron chi connectivity index (χ1n) is 11.6. The molecule has 2 aromatic heterocycles. The monoisotopic (exact) mass is 470 g/mol. The lowest BCUT2D eigenvalue weighted by Gasteiger charge is -2.36. The molecule has 0 unspecified atom stereocenters. The minimum Gasteiger partial charge on any atom is -0.434 e. The molecule has 0 radical (unpaired) electrons. The number of nitrogens with zero attached hydrogens (tertiary/aromatic N) is 4. The summed E-state index contributed by atoms with van der Waals surface area (Å²) in [6, 6.07) is 9.02. The van der Waals surface area contributed by atoms with Gasteiger partial charge in [0.05, 0.1) is 11.2 Å². The molecular formula is C24H28F2N6O2. The number of benzene rings is 1. The summed E-state index contributed by atoms with van der Waals surface area (Å²) in [4.78, 5) is 16.6. The van der Waals surface area contributed by atoms with Crippen LogP contribution in [0, 0.1) is 5.92 Å². The molecule has 10 heteroatoms. The Morgan fingerprint density at radius 2 is 1.97 bits per heavy atom. The molecule has 0 atom stereocenters. The lowest BCUT2D eigenvalue weighted by Crippen LogP contribution is -2.49. The van der Waals surface area contributed by atoms with Gasteiger partial charge in [0.25, 0.3) is 0 Å². The van der Waals surface area contributed by atoms with Gasteiger partial charge in [-0.2, -0.15) is 13.9 Å². The zero-order valence-electron chi connectivity index (χ0n) is 18.8. The van der Waals surface area contributed by atoms with Crippen molar-refractivity contribution in [3.63, 3.8) is 0 Å². The molecular weight excluding hydrogens is 442 g/mol. The fourth-order valence-corrected chi connectivity index (χ4v) is 4.45. The molecule has 2 fully saturated rings. The number of anilines is 2. The maximum absolute atomic E-state index is 13.1. The molecule has 1 aliphatic heterocycles. The van der Waals surface area contributed by atoms with Crippen LogP contribution in [0.2, 0.25) is 0 Å². The number of hydrogen-bond acceptors (Lipinski definition) is 6. The summed E-state index contributed by atoms with van der Waals surface area (Å²) in [7, 11) is 0. The standard InChI is InChI=1S/C24H28F2N6O2/c25-24(26)34-22-14-18(28-8-6-27)3-4-19(22)17-13-21-20(5-7-29-32(21)15-17)30-9-11-31(12-10-30)23(33)16-1-2-16/h3-5,7,13-16,24,28H,1-2,6,8-12,27H2. The smallest absolute Gasteiger partial charge is 0.387 e. The zero-order chi connectivity index (χ0) is 23.7. The summed E-state index contributed by atoms with van der Waals surface area (Å²) in [6.07, 6.45) is 5.56. The summed E-state index contributed by atoms with van der Waals surface area (Å²) in [5, 5.41) is 7.50. The number of fused-ring (bicyclic) bond motifs is 1. The Hall–Kier alpha value is -3.40. The van der Waals surface area contributed by atoms with Gasteiger partial charge in [-0.1, -0.05) is 0 Å². The lowest BCUT2D eigenvalue weighted by atomic mass is 10.1. The first-order chi connectivity index (χ1) is 16.5. The summed E-state index contributed by atoms with van der Waals surface area (Å²) in [6.45, 7) is 0.872. The summed E-state index contributed by atoms with van der Waals surface area (Å²) in [5.41, 5.74) is 9.33. The summed E-state index contributed by atoms with van der Waals surface area (Å²) < 4.78 is 32.9. The van der Waals surface area contributed by atoms with E-state index in [4.69, 9.17) is 10.5 Å². The van der Waals surface area contributed by atoms with E-state index in [1.54, 1.807) is 22.8 Å². The van der Waals surface area contributed by atoms with Gasteiger partial charge in [0, 0.05) is 80.5 Å². The maximum atomic E-state index is 13.1. The summed E-state index contributed by atoms with van der Waals surface area (Å²) in [5.74, 6) is 0.594. The highest BCUT2D eigenvalue weighted by molar-refractivity contribution is 5.84. The van der Waals surface area contributed by atoms with Gasteiger partial charge in [0.1, 0.15) is 5.75 Å². The molecule has 8 nitrogen and oxygen atoms in total. The second kappa shape index (κ2) is 9.46. The molecule has 2 aliphatic rings. The van der Waals surface area contributed by atoms with Gasteiger partial charge in [0.2, 0.25) is 5.91 Å². The average molecular weight is 471 g/mol. The number of carbonyl (C=O) groups excluding carboxylic acids is 1. The Bertz CT molecular complexity index is 1170. The van der Waals surface area contributed by atoms with Crippen molar-refractivity contribution in [3.05, 3.63) is 42.7 Å². The van der Waals surface area contributed by atoms with Crippen LogP contribution in [0.5, 0.6) is 5.75 Å². The third kappa shape index (κ3) is 4.63. The first kappa shape index (κ1) is 22.4. The molecule has 0 bridgehead atoms. The van der Waals surface area contributed by atoms with Crippen LogP contribution >= 0.6 is 0 Å². The van der Waals surface area contributed by atoms with Crippen molar-refractivity contribution in [2.24, 2.45) is 11.7 Å². The number of nitrogens with one attached hydrogen (secondary N) is 1. The van der Waals surface area contributed by atoms with E-state index < -0.39 is 6.61 Å². The second-order valence-corrected chi connectivity index (χ2v) is 8.67. The number of nitrogens with two attached hydrogens (primary N) is 1. The molecule has 0 spiro atoms. The molecule has 5 rings (SSSR count). The number of amides is 1. The van der Waals surface area contributed by atoms with Crippen LogP contribution in [-0.2, 0) is 4.79 Å². The lowest BCUT2D eigenvalue weighted by molar-refractivity contribution is -0.132. The molecule has 3 N–H and O–H groups in total. The van der Waals surface area contributed by atoms with Crippen molar-refractivity contribution in [1.29, 1.82) is 0 Å². The van der Waals surface area contributed by atoms with Crippen molar-refractivity contribution in [2.45, 2.75) is 19.5 Å². The van der Waals surface area contributed by atoms with Crippen LogP contribution in [-0.4, -0.2) is 66.3 Å². The summed E-state index contributed by atoms with van der Waals surface area (Å²) >= 11 is 0. The predicted octanol–water partition coefficient (Wildman–Crippen LogP) is 3.03. The van der Waals surface area contributed by atoms with Gasteiger partial charge >= 0.3 is 6.61 Å². The van der Waals surface area contributed by atoms with Gasteiger partial charge in [-0.25, -0.2) is 4.52 Å². The van der Waals surface area contributed by atoms with E-state index in [0.29, 0.717) is 37.4 Å². The molecule has 1 amide bonds. The number of alkyl halides is 2. The SMILES string of the molecule is NCCNc1ccc(-c2cc3c(N4CCN(C(=O)C5CC5)CC4)ccnn3c2)c(OC(F)F)c1. The van der Waals surface area contributed by atoms with Crippen molar-refractivity contribution in [1.82, 2.24) is 14.5 Å². The first-order valence-corrected chi connectivity index (χ1v) is 11.6. The van der Waals surface area contributed by atoms with Crippen LogP contribution in [0.3, 0.4) is 0 Å². The van der Waals surface area contributed by atoms with Gasteiger partial charge in [-0.3, -0.25) is 4.79 Å². The Morgan fingerprint density at radius 1 is 1.18 bits per heavy atom. The number of carbonyl (C=O) groups is 1. The number of rotatable bonds is 8. The van der Waals surface area contributed by atoms with Crippen LogP contribution < -0.4 is 20.7 Å². The van der Waals surface area contributed by atoms with Gasteiger partial charge in [-0.15, -0.1) is 0 Å². The average Bonchev–Trinajstić information content (AvgIpc) is 3.60. The Labute approximate surface area is 196 Å². The Kier molecular flexibility index (Phi) is 6.23. The molecule has 1 aliphatic carbocycles. The van der Waals surface area contributed by atoms with Crippen molar-refractivity contribution < 1.29 is 18.3 Å². The highest BCUT2D eigenvalue weighted by Gasteiger charge is 2.34. The van der Waals surface area contributed by atoms with E-state index in [9.17, 15) is 13.6 Å². The minimum absolute atomic E-state index is 0.0849.